The standard InChI is InChI=1S/C8H13NO.CH4/c1-6-5-7(9-10-6)8(2,3)4;/h5H,1-4H3;1H4. The van der Waals surface area contributed by atoms with Crippen LogP contribution in [0.3, 0.4) is 0 Å². The topological polar surface area (TPSA) is 26.0 Å². The van der Waals surface area contributed by atoms with Crippen molar-refractivity contribution in [2.24, 2.45) is 0 Å². The number of rotatable bonds is 0. The van der Waals surface area contributed by atoms with Gasteiger partial charge in [0.25, 0.3) is 0 Å². The lowest BCUT2D eigenvalue weighted by Crippen LogP contribution is -2.10. The molecule has 0 N–H and O–H groups in total. The van der Waals surface area contributed by atoms with Gasteiger partial charge in [-0.2, -0.15) is 0 Å². The smallest absolute Gasteiger partial charge is 0.133 e. The predicted molar refractivity (Wildman–Crippen MR) is 46.7 cm³/mol. The first-order chi connectivity index (χ1) is 4.50. The molecule has 1 aromatic rings. The van der Waals surface area contributed by atoms with E-state index in [1.54, 1.807) is 0 Å². The SMILES string of the molecule is C.Cc1cc(C(C)(C)C)no1. The molecular formula is C9H17NO. The maximum absolute atomic E-state index is 4.94. The Balaban J connectivity index is 0.000001000. The largest absolute Gasteiger partial charge is 0.361 e. The Morgan fingerprint density at radius 3 is 2.09 bits per heavy atom. The second kappa shape index (κ2) is 3.07. The molecule has 0 bridgehead atoms. The van der Waals surface area contributed by atoms with Crippen molar-refractivity contribution in [1.29, 1.82) is 0 Å². The highest BCUT2D eigenvalue weighted by molar-refractivity contribution is 5.12. The van der Waals surface area contributed by atoms with Crippen molar-refractivity contribution >= 4 is 0 Å². The quantitative estimate of drug-likeness (QED) is 0.575. The fourth-order valence-corrected chi connectivity index (χ4v) is 0.720. The van der Waals surface area contributed by atoms with Crippen LogP contribution in [0.2, 0.25) is 0 Å². The Morgan fingerprint density at radius 1 is 1.36 bits per heavy atom. The molecular weight excluding hydrogens is 138 g/mol. The average molecular weight is 155 g/mol. The van der Waals surface area contributed by atoms with Crippen molar-refractivity contribution in [2.45, 2.75) is 40.5 Å². The molecule has 0 aromatic carbocycles. The highest BCUT2D eigenvalue weighted by Gasteiger charge is 2.17. The zero-order valence-electron chi connectivity index (χ0n) is 6.93. The molecule has 0 unspecified atom stereocenters. The molecule has 0 spiro atoms. The first-order valence-electron chi connectivity index (χ1n) is 3.44. The lowest BCUT2D eigenvalue weighted by molar-refractivity contribution is 0.375. The summed E-state index contributed by atoms with van der Waals surface area (Å²) in [5, 5.41) is 3.91. The molecule has 1 heterocycles. The van der Waals surface area contributed by atoms with Gasteiger partial charge in [0.2, 0.25) is 0 Å². The van der Waals surface area contributed by atoms with E-state index in [4.69, 9.17) is 4.52 Å². The molecule has 0 atom stereocenters. The molecule has 0 aliphatic heterocycles. The third kappa shape index (κ3) is 2.37. The highest BCUT2D eigenvalue weighted by Crippen LogP contribution is 2.20. The maximum atomic E-state index is 4.94. The minimum absolute atomic E-state index is 0. The van der Waals surface area contributed by atoms with Crippen LogP contribution < -0.4 is 0 Å². The van der Waals surface area contributed by atoms with E-state index in [0.717, 1.165) is 11.5 Å². The number of aryl methyl sites for hydroxylation is 1. The minimum Gasteiger partial charge on any atom is -0.361 e. The van der Waals surface area contributed by atoms with Crippen molar-refractivity contribution in [3.8, 4) is 0 Å². The van der Waals surface area contributed by atoms with Crippen molar-refractivity contribution in [3.05, 3.63) is 17.5 Å². The van der Waals surface area contributed by atoms with Gasteiger partial charge in [-0.05, 0) is 6.92 Å². The van der Waals surface area contributed by atoms with Crippen LogP contribution in [0.15, 0.2) is 10.6 Å². The Labute approximate surface area is 68.6 Å². The van der Waals surface area contributed by atoms with Gasteiger partial charge in [0, 0.05) is 11.5 Å². The van der Waals surface area contributed by atoms with Crippen molar-refractivity contribution in [3.63, 3.8) is 0 Å². The number of hydrogen-bond donors (Lipinski definition) is 0. The molecule has 0 radical (unpaired) electrons. The molecule has 2 heteroatoms. The van der Waals surface area contributed by atoms with E-state index < -0.39 is 0 Å². The Kier molecular flexibility index (Phi) is 2.85. The van der Waals surface area contributed by atoms with Gasteiger partial charge < -0.3 is 4.52 Å². The van der Waals surface area contributed by atoms with Gasteiger partial charge in [-0.1, -0.05) is 33.4 Å². The molecule has 0 fully saturated rings. The summed E-state index contributed by atoms with van der Waals surface area (Å²) >= 11 is 0. The van der Waals surface area contributed by atoms with Crippen molar-refractivity contribution < 1.29 is 4.52 Å². The minimum atomic E-state index is 0. The molecule has 0 aliphatic rings. The van der Waals surface area contributed by atoms with Gasteiger partial charge in [0.1, 0.15) is 5.76 Å². The fourth-order valence-electron chi connectivity index (χ4n) is 0.720. The Bertz CT molecular complexity index is 220. The zero-order valence-corrected chi connectivity index (χ0v) is 6.93. The number of nitrogens with zero attached hydrogens (tertiary/aromatic N) is 1. The van der Waals surface area contributed by atoms with Crippen LogP contribution in [0, 0.1) is 6.92 Å². The van der Waals surface area contributed by atoms with E-state index >= 15 is 0 Å². The molecule has 64 valence electrons. The number of hydrogen-bond acceptors (Lipinski definition) is 2. The molecule has 1 aromatic heterocycles. The van der Waals surface area contributed by atoms with Crippen molar-refractivity contribution in [1.82, 2.24) is 5.16 Å². The van der Waals surface area contributed by atoms with Crippen LogP contribution in [-0.4, -0.2) is 5.16 Å². The van der Waals surface area contributed by atoms with E-state index in [1.165, 1.54) is 0 Å². The van der Waals surface area contributed by atoms with E-state index in [-0.39, 0.29) is 12.8 Å². The lowest BCUT2D eigenvalue weighted by atomic mass is 9.92. The van der Waals surface area contributed by atoms with E-state index in [1.807, 2.05) is 13.0 Å². The normalized spacial score (nSPS) is 10.9. The van der Waals surface area contributed by atoms with Gasteiger partial charge in [-0.25, -0.2) is 0 Å². The van der Waals surface area contributed by atoms with Crippen LogP contribution in [-0.2, 0) is 5.41 Å². The monoisotopic (exact) mass is 155 g/mol. The van der Waals surface area contributed by atoms with Crippen molar-refractivity contribution in [2.75, 3.05) is 0 Å². The zero-order chi connectivity index (χ0) is 7.78. The number of aromatic nitrogens is 1. The van der Waals surface area contributed by atoms with Gasteiger partial charge in [-0.15, -0.1) is 0 Å². The van der Waals surface area contributed by atoms with Gasteiger partial charge in [-0.3, -0.25) is 0 Å². The molecule has 0 saturated heterocycles. The van der Waals surface area contributed by atoms with Gasteiger partial charge in [0.15, 0.2) is 0 Å². The second-order valence-corrected chi connectivity index (χ2v) is 3.57. The van der Waals surface area contributed by atoms with E-state index in [0.29, 0.717) is 0 Å². The van der Waals surface area contributed by atoms with Gasteiger partial charge >= 0.3 is 0 Å². The molecule has 0 saturated carbocycles. The van der Waals surface area contributed by atoms with Crippen LogP contribution in [0.1, 0.15) is 39.7 Å². The van der Waals surface area contributed by atoms with Gasteiger partial charge in [0.05, 0.1) is 5.69 Å². The highest BCUT2D eigenvalue weighted by atomic mass is 16.5. The lowest BCUT2D eigenvalue weighted by Gasteiger charge is -2.12. The summed E-state index contributed by atoms with van der Waals surface area (Å²) < 4.78 is 4.94. The summed E-state index contributed by atoms with van der Waals surface area (Å²) in [5.41, 5.74) is 1.13. The second-order valence-electron chi connectivity index (χ2n) is 3.57. The van der Waals surface area contributed by atoms with E-state index in [9.17, 15) is 0 Å². The first-order valence-corrected chi connectivity index (χ1v) is 3.44. The maximum Gasteiger partial charge on any atom is 0.133 e. The average Bonchev–Trinajstić information content (AvgIpc) is 2.11. The van der Waals surface area contributed by atoms with Crippen LogP contribution >= 0.6 is 0 Å². The third-order valence-electron chi connectivity index (χ3n) is 1.40. The summed E-state index contributed by atoms with van der Waals surface area (Å²) in [6.07, 6.45) is 0. The molecule has 0 amide bonds. The Morgan fingerprint density at radius 2 is 1.91 bits per heavy atom. The summed E-state index contributed by atoms with van der Waals surface area (Å²) in [5.74, 6) is 0.880. The first kappa shape index (κ1) is 10.2. The molecule has 11 heavy (non-hydrogen) atoms. The van der Waals surface area contributed by atoms with E-state index in [2.05, 4.69) is 25.9 Å². The fraction of sp³-hybridized carbons (Fsp3) is 0.667. The summed E-state index contributed by atoms with van der Waals surface area (Å²) in [7, 11) is 0. The van der Waals surface area contributed by atoms with Crippen LogP contribution in [0.25, 0.3) is 0 Å². The third-order valence-corrected chi connectivity index (χ3v) is 1.40. The van der Waals surface area contributed by atoms with Crippen LogP contribution in [0.5, 0.6) is 0 Å². The predicted octanol–water partition coefficient (Wildman–Crippen LogP) is 2.92. The van der Waals surface area contributed by atoms with Crippen LogP contribution in [0.4, 0.5) is 0 Å². The molecule has 2 nitrogen and oxygen atoms in total. The summed E-state index contributed by atoms with van der Waals surface area (Å²) in [6.45, 7) is 8.25. The molecule has 1 rings (SSSR count). The summed E-state index contributed by atoms with van der Waals surface area (Å²) in [4.78, 5) is 0. The Hall–Kier alpha value is -0.790. The molecule has 0 aliphatic carbocycles. The summed E-state index contributed by atoms with van der Waals surface area (Å²) in [6, 6.07) is 1.97.